The molecule has 9 nitrogen and oxygen atoms in total. The van der Waals surface area contributed by atoms with Crippen LogP contribution in [0.1, 0.15) is 39.2 Å². The van der Waals surface area contributed by atoms with Crippen molar-refractivity contribution in [1.82, 2.24) is 19.5 Å². The van der Waals surface area contributed by atoms with Crippen LogP contribution in [0.2, 0.25) is 0 Å². The van der Waals surface area contributed by atoms with Crippen LogP contribution >= 0.6 is 0 Å². The summed E-state index contributed by atoms with van der Waals surface area (Å²) in [5.74, 6) is 0.000127. The smallest absolute Gasteiger partial charge is 0.381 e. The lowest BCUT2D eigenvalue weighted by molar-refractivity contribution is -0.141. The number of hydrogen-bond donors (Lipinski definition) is 2. The number of nitrogens with one attached hydrogen (secondary N) is 1. The fourth-order valence-corrected chi connectivity index (χ4v) is 3.12. The van der Waals surface area contributed by atoms with Gasteiger partial charge in [0.25, 0.3) is 5.91 Å². The van der Waals surface area contributed by atoms with Crippen LogP contribution in [-0.2, 0) is 12.7 Å². The molecule has 1 atom stereocenters. The molecule has 0 spiro atoms. The van der Waals surface area contributed by atoms with Gasteiger partial charge in [-0.25, -0.2) is 15.0 Å². The second kappa shape index (κ2) is 7.52. The van der Waals surface area contributed by atoms with E-state index in [0.29, 0.717) is 35.4 Å². The van der Waals surface area contributed by atoms with Gasteiger partial charge in [0, 0.05) is 18.1 Å². The molecule has 0 saturated carbocycles. The largest absolute Gasteiger partial charge is 0.434 e. The number of anilines is 1. The SMILES string of the molecule is N#Cc1ccc(NC(=O)c2cnc(C(F)(F)F)cn2)cc1C1Cn2ccnc2C(N)=N1. The number of hydrogen-bond acceptors (Lipinski definition) is 7. The first-order chi connectivity index (χ1) is 14.8. The number of halogens is 3. The first-order valence-electron chi connectivity index (χ1n) is 8.85. The van der Waals surface area contributed by atoms with Crippen LogP contribution in [0.3, 0.4) is 0 Å². The number of nitriles is 1. The molecule has 0 aliphatic carbocycles. The highest BCUT2D eigenvalue weighted by atomic mass is 19.4. The second-order valence-corrected chi connectivity index (χ2v) is 6.59. The fraction of sp³-hybridized carbons (Fsp3) is 0.158. The predicted octanol–water partition coefficient (Wildman–Crippen LogP) is 2.28. The average molecular weight is 426 g/mol. The number of imidazole rings is 1. The average Bonchev–Trinajstić information content (AvgIpc) is 3.22. The van der Waals surface area contributed by atoms with E-state index in [9.17, 15) is 23.2 Å². The summed E-state index contributed by atoms with van der Waals surface area (Å²) in [7, 11) is 0. The van der Waals surface area contributed by atoms with E-state index in [1.807, 2.05) is 0 Å². The molecule has 3 N–H and O–H groups in total. The number of amidine groups is 1. The molecule has 0 radical (unpaired) electrons. The molecule has 3 aromatic rings. The third-order valence-electron chi connectivity index (χ3n) is 4.57. The highest BCUT2D eigenvalue weighted by molar-refractivity contribution is 6.02. The van der Waals surface area contributed by atoms with Gasteiger partial charge in [-0.3, -0.25) is 9.79 Å². The van der Waals surface area contributed by atoms with Gasteiger partial charge in [-0.05, 0) is 23.8 Å². The van der Waals surface area contributed by atoms with E-state index in [4.69, 9.17) is 5.73 Å². The van der Waals surface area contributed by atoms with Gasteiger partial charge in [0.15, 0.2) is 17.4 Å². The van der Waals surface area contributed by atoms with Crippen molar-refractivity contribution in [2.75, 3.05) is 5.32 Å². The quantitative estimate of drug-likeness (QED) is 0.660. The molecule has 3 heterocycles. The lowest BCUT2D eigenvalue weighted by Gasteiger charge is -2.22. The minimum Gasteiger partial charge on any atom is -0.381 e. The van der Waals surface area contributed by atoms with Crippen molar-refractivity contribution >= 4 is 17.4 Å². The van der Waals surface area contributed by atoms with Crippen molar-refractivity contribution in [3.63, 3.8) is 0 Å². The Morgan fingerprint density at radius 2 is 2.06 bits per heavy atom. The van der Waals surface area contributed by atoms with E-state index >= 15 is 0 Å². The summed E-state index contributed by atoms with van der Waals surface area (Å²) in [4.78, 5) is 27.6. The summed E-state index contributed by atoms with van der Waals surface area (Å²) < 4.78 is 39.6. The maximum atomic E-state index is 12.6. The van der Waals surface area contributed by atoms with Gasteiger partial charge in [0.05, 0.1) is 36.6 Å². The number of aliphatic imine (C=N–C) groups is 1. The van der Waals surface area contributed by atoms with Crippen LogP contribution in [0, 0.1) is 11.3 Å². The van der Waals surface area contributed by atoms with Crippen LogP contribution in [0.25, 0.3) is 0 Å². The fourth-order valence-electron chi connectivity index (χ4n) is 3.12. The summed E-state index contributed by atoms with van der Waals surface area (Å²) in [5.41, 5.74) is 5.66. The highest BCUT2D eigenvalue weighted by Gasteiger charge is 2.33. The first-order valence-corrected chi connectivity index (χ1v) is 8.85. The number of alkyl halides is 3. The highest BCUT2D eigenvalue weighted by Crippen LogP contribution is 2.30. The van der Waals surface area contributed by atoms with Gasteiger partial charge in [0.2, 0.25) is 0 Å². The molecule has 2 aromatic heterocycles. The molecule has 0 fully saturated rings. The molecule has 12 heteroatoms. The topological polar surface area (TPSA) is 135 Å². The number of carbonyl (C=O) groups is 1. The number of nitrogens with two attached hydrogens (primary N) is 1. The molecule has 1 aliphatic rings. The Labute approximate surface area is 173 Å². The minimum atomic E-state index is -4.65. The zero-order chi connectivity index (χ0) is 22.2. The van der Waals surface area contributed by atoms with E-state index in [2.05, 4.69) is 31.3 Å². The molecule has 1 aliphatic heterocycles. The Morgan fingerprint density at radius 3 is 2.74 bits per heavy atom. The summed E-state index contributed by atoms with van der Waals surface area (Å²) in [6.45, 7) is 0.395. The predicted molar refractivity (Wildman–Crippen MR) is 102 cm³/mol. The van der Waals surface area contributed by atoms with E-state index in [1.165, 1.54) is 12.1 Å². The summed E-state index contributed by atoms with van der Waals surface area (Å²) in [5, 5.41) is 12.0. The first kappa shape index (κ1) is 20.0. The number of rotatable bonds is 3. The maximum Gasteiger partial charge on any atom is 0.434 e. The summed E-state index contributed by atoms with van der Waals surface area (Å²) >= 11 is 0. The lowest BCUT2D eigenvalue weighted by Crippen LogP contribution is -2.27. The van der Waals surface area contributed by atoms with Gasteiger partial charge >= 0.3 is 6.18 Å². The van der Waals surface area contributed by atoms with Crippen LogP contribution in [0.5, 0.6) is 0 Å². The van der Waals surface area contributed by atoms with Crippen LogP contribution in [0.4, 0.5) is 18.9 Å². The number of aromatic nitrogens is 4. The number of benzene rings is 1. The third-order valence-corrected chi connectivity index (χ3v) is 4.57. The van der Waals surface area contributed by atoms with E-state index in [-0.39, 0.29) is 11.5 Å². The third kappa shape index (κ3) is 3.93. The molecule has 1 unspecified atom stereocenters. The van der Waals surface area contributed by atoms with E-state index in [0.717, 1.165) is 6.20 Å². The Morgan fingerprint density at radius 1 is 1.26 bits per heavy atom. The van der Waals surface area contributed by atoms with Crippen molar-refractivity contribution < 1.29 is 18.0 Å². The molecule has 1 aromatic carbocycles. The number of nitrogens with zero attached hydrogens (tertiary/aromatic N) is 6. The van der Waals surface area contributed by atoms with Crippen molar-refractivity contribution in [2.45, 2.75) is 18.8 Å². The second-order valence-electron chi connectivity index (χ2n) is 6.59. The van der Waals surface area contributed by atoms with Gasteiger partial charge in [-0.2, -0.15) is 18.4 Å². The molecular formula is C19H13F3N8O. The van der Waals surface area contributed by atoms with E-state index in [1.54, 1.807) is 23.0 Å². The molecular weight excluding hydrogens is 413 g/mol. The van der Waals surface area contributed by atoms with Crippen LogP contribution in [0.15, 0.2) is 48.0 Å². The lowest BCUT2D eigenvalue weighted by atomic mass is 9.99. The molecule has 156 valence electrons. The maximum absolute atomic E-state index is 12.6. The Kier molecular flexibility index (Phi) is 4.86. The van der Waals surface area contributed by atoms with Crippen molar-refractivity contribution in [3.8, 4) is 6.07 Å². The van der Waals surface area contributed by atoms with Crippen molar-refractivity contribution in [3.05, 3.63) is 71.3 Å². The zero-order valence-corrected chi connectivity index (χ0v) is 15.6. The normalized spacial score (nSPS) is 15.5. The van der Waals surface area contributed by atoms with Gasteiger partial charge < -0.3 is 15.6 Å². The Bertz CT molecular complexity index is 1220. The van der Waals surface area contributed by atoms with Gasteiger partial charge in [0.1, 0.15) is 5.69 Å². The molecule has 0 saturated heterocycles. The standard InChI is InChI=1S/C19H13F3N8O/c20-19(21,22)15-8-26-13(7-27-15)18(31)28-11-2-1-10(6-23)12(5-11)14-9-30-4-3-25-17(30)16(24)29-14/h1-5,7-8,14H,9H2,(H2,24,29)(H,28,31). The summed E-state index contributed by atoms with van der Waals surface area (Å²) in [6, 6.07) is 6.17. The minimum absolute atomic E-state index is 0.222. The number of carbonyl (C=O) groups excluding carboxylic acids is 1. The van der Waals surface area contributed by atoms with Crippen LogP contribution < -0.4 is 11.1 Å². The Hall–Kier alpha value is -4.27. The van der Waals surface area contributed by atoms with Crippen molar-refractivity contribution in [2.24, 2.45) is 10.7 Å². The van der Waals surface area contributed by atoms with Crippen molar-refractivity contribution in [1.29, 1.82) is 5.26 Å². The van der Waals surface area contributed by atoms with E-state index < -0.39 is 23.8 Å². The van der Waals surface area contributed by atoms with Gasteiger partial charge in [-0.1, -0.05) is 0 Å². The summed E-state index contributed by atoms with van der Waals surface area (Å²) in [6.07, 6.45) is -0.0872. The molecule has 1 amide bonds. The molecule has 4 rings (SSSR count). The van der Waals surface area contributed by atoms with Crippen LogP contribution in [-0.4, -0.2) is 31.3 Å². The molecule has 0 bridgehead atoms. The number of amides is 1. The van der Waals surface area contributed by atoms with Gasteiger partial charge in [-0.15, -0.1) is 0 Å². The monoisotopic (exact) mass is 426 g/mol. The zero-order valence-electron chi connectivity index (χ0n) is 15.6. The number of fused-ring (bicyclic) bond motifs is 1. The molecule has 31 heavy (non-hydrogen) atoms. The Balaban J connectivity index is 1.59.